The van der Waals surface area contributed by atoms with E-state index in [2.05, 4.69) is 16.2 Å². The molecule has 3 aromatic rings. The van der Waals surface area contributed by atoms with Crippen molar-refractivity contribution in [2.24, 2.45) is 0 Å². The van der Waals surface area contributed by atoms with E-state index in [-0.39, 0.29) is 13.2 Å². The molecule has 0 bridgehead atoms. The summed E-state index contributed by atoms with van der Waals surface area (Å²) >= 11 is 0. The van der Waals surface area contributed by atoms with Crippen molar-refractivity contribution in [3.63, 3.8) is 0 Å². The fourth-order valence-electron chi connectivity index (χ4n) is 3.25. The van der Waals surface area contributed by atoms with Gasteiger partial charge in [0.15, 0.2) is 12.4 Å². The van der Waals surface area contributed by atoms with Crippen molar-refractivity contribution in [3.8, 4) is 5.75 Å². The highest BCUT2D eigenvalue weighted by Gasteiger charge is 2.23. The molecule has 0 atom stereocenters. The van der Waals surface area contributed by atoms with Crippen LogP contribution in [-0.2, 0) is 23.1 Å². The van der Waals surface area contributed by atoms with Crippen LogP contribution >= 0.6 is 0 Å². The Kier molecular flexibility index (Phi) is 6.58. The Morgan fingerprint density at radius 3 is 2.37 bits per heavy atom. The number of hydrogen-bond donors (Lipinski definition) is 0. The maximum absolute atomic E-state index is 12.8. The minimum atomic E-state index is -3.58. The summed E-state index contributed by atoms with van der Waals surface area (Å²) in [4.78, 5) is 4.61. The minimum absolute atomic E-state index is 0.159. The van der Waals surface area contributed by atoms with Crippen LogP contribution in [0.25, 0.3) is 0 Å². The van der Waals surface area contributed by atoms with Gasteiger partial charge in [-0.1, -0.05) is 28.9 Å². The van der Waals surface area contributed by atoms with E-state index in [9.17, 15) is 8.42 Å². The highest BCUT2D eigenvalue weighted by atomic mass is 32.2. The van der Waals surface area contributed by atoms with Gasteiger partial charge in [-0.05, 0) is 62.6 Å². The number of rotatable bonds is 8. The number of likely N-dealkylation sites (N-methyl/N-ethyl adjacent to an activating group) is 1. The lowest BCUT2D eigenvalue weighted by Crippen LogP contribution is -2.29. The first-order valence-electron chi connectivity index (χ1n) is 9.71. The standard InChI is InChI=1S/C22H27N3O4S/c1-15-6-7-20(18(4)11-15)30(26,27)25(5)9-8-21-23-22(29-24-21)14-28-19-12-16(2)10-17(3)13-19/h6-7,10-13H,8-9,14H2,1-5H3. The maximum Gasteiger partial charge on any atom is 0.264 e. The molecule has 2 aromatic carbocycles. The quantitative estimate of drug-likeness (QED) is 0.542. The molecule has 0 unspecified atom stereocenters. The van der Waals surface area contributed by atoms with Crippen LogP contribution in [0.2, 0.25) is 0 Å². The van der Waals surface area contributed by atoms with Gasteiger partial charge < -0.3 is 9.26 Å². The molecule has 160 valence electrons. The number of benzene rings is 2. The van der Waals surface area contributed by atoms with Gasteiger partial charge in [-0.15, -0.1) is 0 Å². The number of nitrogens with zero attached hydrogens (tertiary/aromatic N) is 3. The van der Waals surface area contributed by atoms with E-state index in [0.717, 1.165) is 28.0 Å². The summed E-state index contributed by atoms with van der Waals surface area (Å²) in [6, 6.07) is 11.3. The first kappa shape index (κ1) is 22.0. The largest absolute Gasteiger partial charge is 0.484 e. The Hall–Kier alpha value is -2.71. The van der Waals surface area contributed by atoms with E-state index in [4.69, 9.17) is 9.26 Å². The zero-order valence-electron chi connectivity index (χ0n) is 18.0. The zero-order valence-corrected chi connectivity index (χ0v) is 18.8. The monoisotopic (exact) mass is 429 g/mol. The summed E-state index contributed by atoms with van der Waals surface area (Å²) in [6.45, 7) is 8.15. The Balaban J connectivity index is 1.59. The predicted molar refractivity (Wildman–Crippen MR) is 114 cm³/mol. The SMILES string of the molecule is Cc1cc(C)cc(OCc2nc(CCN(C)S(=O)(=O)c3ccc(C)cc3C)no2)c1. The molecule has 8 heteroatoms. The van der Waals surface area contributed by atoms with Gasteiger partial charge >= 0.3 is 0 Å². The fraction of sp³-hybridized carbons (Fsp3) is 0.364. The molecule has 30 heavy (non-hydrogen) atoms. The molecule has 0 amide bonds. The van der Waals surface area contributed by atoms with Crippen molar-refractivity contribution < 1.29 is 17.7 Å². The lowest BCUT2D eigenvalue weighted by molar-refractivity contribution is 0.242. The van der Waals surface area contributed by atoms with Crippen LogP contribution in [0.5, 0.6) is 5.75 Å². The summed E-state index contributed by atoms with van der Waals surface area (Å²) < 4.78 is 38.0. The van der Waals surface area contributed by atoms with Crippen LogP contribution < -0.4 is 4.74 Å². The van der Waals surface area contributed by atoms with Crippen LogP contribution in [0.3, 0.4) is 0 Å². The van der Waals surface area contributed by atoms with E-state index >= 15 is 0 Å². The Labute approximate surface area is 177 Å². The molecular formula is C22H27N3O4S. The van der Waals surface area contributed by atoms with Gasteiger partial charge in [-0.25, -0.2) is 12.7 Å². The number of sulfonamides is 1. The summed E-state index contributed by atoms with van der Waals surface area (Å²) in [6.07, 6.45) is 0.341. The normalized spacial score (nSPS) is 11.8. The average Bonchev–Trinajstić information content (AvgIpc) is 3.11. The van der Waals surface area contributed by atoms with E-state index in [1.54, 1.807) is 26.1 Å². The highest BCUT2D eigenvalue weighted by Crippen LogP contribution is 2.20. The third-order valence-electron chi connectivity index (χ3n) is 4.74. The molecule has 1 aromatic heterocycles. The van der Waals surface area contributed by atoms with Crippen molar-refractivity contribution in [2.75, 3.05) is 13.6 Å². The summed E-state index contributed by atoms with van der Waals surface area (Å²) in [7, 11) is -2.03. The molecule has 0 N–H and O–H groups in total. The van der Waals surface area contributed by atoms with Crippen molar-refractivity contribution >= 4 is 10.0 Å². The lowest BCUT2D eigenvalue weighted by Gasteiger charge is -2.18. The van der Waals surface area contributed by atoms with E-state index in [0.29, 0.717) is 23.0 Å². The van der Waals surface area contributed by atoms with Crippen LogP contribution in [0.1, 0.15) is 34.0 Å². The number of aryl methyl sites for hydroxylation is 4. The molecule has 1 heterocycles. The average molecular weight is 430 g/mol. The van der Waals surface area contributed by atoms with Crippen LogP contribution in [0, 0.1) is 27.7 Å². The van der Waals surface area contributed by atoms with Crippen molar-refractivity contribution in [1.29, 1.82) is 0 Å². The molecule has 0 radical (unpaired) electrons. The van der Waals surface area contributed by atoms with Crippen molar-refractivity contribution in [3.05, 3.63) is 70.4 Å². The summed E-state index contributed by atoms with van der Waals surface area (Å²) in [5, 5.41) is 3.93. The third kappa shape index (κ3) is 5.25. The molecule has 0 spiro atoms. The molecule has 3 rings (SSSR count). The van der Waals surface area contributed by atoms with Gasteiger partial charge in [0.05, 0.1) is 4.90 Å². The van der Waals surface area contributed by atoms with E-state index in [1.807, 2.05) is 39.0 Å². The molecule has 0 aliphatic heterocycles. The number of hydrogen-bond acceptors (Lipinski definition) is 6. The third-order valence-corrected chi connectivity index (χ3v) is 6.75. The van der Waals surface area contributed by atoms with Crippen LogP contribution in [-0.4, -0.2) is 36.5 Å². The molecule has 0 aliphatic rings. The second-order valence-corrected chi connectivity index (χ2v) is 9.58. The van der Waals surface area contributed by atoms with Gasteiger partial charge in [-0.2, -0.15) is 4.98 Å². The Bertz CT molecular complexity index is 1120. The lowest BCUT2D eigenvalue weighted by atomic mass is 10.1. The molecular weight excluding hydrogens is 402 g/mol. The second kappa shape index (κ2) is 8.97. The van der Waals surface area contributed by atoms with Gasteiger partial charge in [-0.3, -0.25) is 0 Å². The van der Waals surface area contributed by atoms with Crippen LogP contribution in [0.15, 0.2) is 45.8 Å². The minimum Gasteiger partial charge on any atom is -0.484 e. The van der Waals surface area contributed by atoms with Crippen molar-refractivity contribution in [1.82, 2.24) is 14.4 Å². The van der Waals surface area contributed by atoms with E-state index < -0.39 is 10.0 Å². The predicted octanol–water partition coefficient (Wildman–Crippen LogP) is 3.75. The first-order chi connectivity index (χ1) is 14.1. The first-order valence-corrected chi connectivity index (χ1v) is 11.2. The highest BCUT2D eigenvalue weighted by molar-refractivity contribution is 7.89. The van der Waals surface area contributed by atoms with Crippen LogP contribution in [0.4, 0.5) is 0 Å². The molecule has 0 saturated carbocycles. The van der Waals surface area contributed by atoms with Crippen molar-refractivity contribution in [2.45, 2.75) is 45.6 Å². The van der Waals surface area contributed by atoms with E-state index in [1.165, 1.54) is 4.31 Å². The topological polar surface area (TPSA) is 85.5 Å². The smallest absolute Gasteiger partial charge is 0.264 e. The van der Waals surface area contributed by atoms with Gasteiger partial charge in [0, 0.05) is 20.0 Å². The molecule has 0 fully saturated rings. The zero-order chi connectivity index (χ0) is 21.9. The summed E-state index contributed by atoms with van der Waals surface area (Å²) in [5.41, 5.74) is 3.98. The number of aromatic nitrogens is 2. The second-order valence-electron chi connectivity index (χ2n) is 7.56. The maximum atomic E-state index is 12.8. The van der Waals surface area contributed by atoms with Gasteiger partial charge in [0.25, 0.3) is 5.89 Å². The Morgan fingerprint density at radius 1 is 1.00 bits per heavy atom. The fourth-order valence-corrected chi connectivity index (χ4v) is 4.62. The van der Waals surface area contributed by atoms with Gasteiger partial charge in [0.1, 0.15) is 5.75 Å². The number of ether oxygens (including phenoxy) is 1. The Morgan fingerprint density at radius 2 is 1.70 bits per heavy atom. The molecule has 7 nitrogen and oxygen atoms in total. The molecule has 0 aliphatic carbocycles. The summed E-state index contributed by atoms with van der Waals surface area (Å²) in [5.74, 6) is 1.53. The molecule has 0 saturated heterocycles. The van der Waals surface area contributed by atoms with Gasteiger partial charge in [0.2, 0.25) is 10.0 Å².